The lowest BCUT2D eigenvalue weighted by molar-refractivity contribution is -0.118. The van der Waals surface area contributed by atoms with Gasteiger partial charge in [-0.05, 0) is 72.7 Å². The van der Waals surface area contributed by atoms with Crippen molar-refractivity contribution in [3.8, 4) is 11.1 Å². The van der Waals surface area contributed by atoms with Gasteiger partial charge in [0.25, 0.3) is 5.91 Å². The molecule has 6 nitrogen and oxygen atoms in total. The van der Waals surface area contributed by atoms with Crippen molar-refractivity contribution in [2.45, 2.75) is 57.4 Å². The fourth-order valence-corrected chi connectivity index (χ4v) is 6.13. The minimum atomic E-state index is -0.865. The first-order valence-corrected chi connectivity index (χ1v) is 14.7. The Morgan fingerprint density at radius 1 is 0.977 bits per heavy atom. The summed E-state index contributed by atoms with van der Waals surface area (Å²) in [5.74, 6) is -2.97. The van der Waals surface area contributed by atoms with Gasteiger partial charge in [0, 0.05) is 27.9 Å². The van der Waals surface area contributed by atoms with Gasteiger partial charge in [-0.2, -0.15) is 0 Å². The largest absolute Gasteiger partial charge is 0.370 e. The number of nitrogens with one attached hydrogen (secondary N) is 2. The molecule has 9 heteroatoms. The third kappa shape index (κ3) is 6.54. The van der Waals surface area contributed by atoms with E-state index in [1.807, 2.05) is 18.2 Å². The van der Waals surface area contributed by atoms with Gasteiger partial charge in [0.1, 0.15) is 11.6 Å². The number of aromatic amines is 1. The Morgan fingerprint density at radius 2 is 1.70 bits per heavy atom. The van der Waals surface area contributed by atoms with E-state index < -0.39 is 35.3 Å². The number of aromatic nitrogens is 1. The molecule has 1 fully saturated rings. The van der Waals surface area contributed by atoms with E-state index >= 15 is 4.39 Å². The van der Waals surface area contributed by atoms with Crippen molar-refractivity contribution in [1.29, 1.82) is 0 Å². The quantitative estimate of drug-likeness (QED) is 0.172. The number of benzene rings is 3. The van der Waals surface area contributed by atoms with Gasteiger partial charge in [-0.3, -0.25) is 14.4 Å². The highest BCUT2D eigenvalue weighted by molar-refractivity contribution is 6.30. The highest BCUT2D eigenvalue weighted by Crippen LogP contribution is 2.37. The molecule has 1 aliphatic carbocycles. The van der Waals surface area contributed by atoms with E-state index in [0.717, 1.165) is 43.4 Å². The molecule has 222 valence electrons. The molecule has 0 unspecified atom stereocenters. The van der Waals surface area contributed by atoms with Gasteiger partial charge < -0.3 is 16.0 Å². The second kappa shape index (κ2) is 12.9. The summed E-state index contributed by atoms with van der Waals surface area (Å²) in [6.07, 6.45) is 6.61. The summed E-state index contributed by atoms with van der Waals surface area (Å²) in [5, 5.41) is 3.16. The summed E-state index contributed by atoms with van der Waals surface area (Å²) in [7, 11) is 0. The van der Waals surface area contributed by atoms with Crippen molar-refractivity contribution >= 4 is 29.2 Å². The molecular weight excluding hydrogens is 572 g/mol. The number of ketones is 1. The number of carbonyl (C=O) groups excluding carboxylic acids is 3. The number of nitrogens with two attached hydrogens (primary N) is 1. The van der Waals surface area contributed by atoms with Crippen LogP contribution in [0.2, 0.25) is 5.02 Å². The summed E-state index contributed by atoms with van der Waals surface area (Å²) in [4.78, 5) is 42.5. The van der Waals surface area contributed by atoms with Gasteiger partial charge in [0.15, 0.2) is 0 Å². The minimum absolute atomic E-state index is 0.0484. The topological polar surface area (TPSA) is 105 Å². The number of halogens is 3. The fraction of sp³-hybridized carbons (Fsp3) is 0.265. The van der Waals surface area contributed by atoms with Gasteiger partial charge in [0.2, 0.25) is 11.7 Å². The monoisotopic (exact) mass is 603 g/mol. The Bertz CT molecular complexity index is 1690. The molecule has 1 atom stereocenters. The summed E-state index contributed by atoms with van der Waals surface area (Å²) < 4.78 is 30.2. The number of amides is 2. The van der Waals surface area contributed by atoms with Crippen LogP contribution in [0.15, 0.2) is 66.9 Å². The molecule has 3 aromatic carbocycles. The molecule has 4 aromatic rings. The van der Waals surface area contributed by atoms with Gasteiger partial charge in [-0.1, -0.05) is 61.2 Å². The van der Waals surface area contributed by atoms with Crippen LogP contribution in [0, 0.1) is 18.6 Å². The third-order valence-electron chi connectivity index (χ3n) is 8.14. The normalized spacial score (nSPS) is 14.3. The lowest BCUT2D eigenvalue weighted by Gasteiger charge is -2.22. The maximum absolute atomic E-state index is 15.4. The van der Waals surface area contributed by atoms with E-state index in [9.17, 15) is 18.8 Å². The molecule has 4 N–H and O–H groups in total. The van der Waals surface area contributed by atoms with E-state index in [1.165, 1.54) is 19.5 Å². The van der Waals surface area contributed by atoms with E-state index in [1.54, 1.807) is 30.3 Å². The second-order valence-corrected chi connectivity index (χ2v) is 11.5. The van der Waals surface area contributed by atoms with E-state index in [2.05, 4.69) is 10.3 Å². The van der Waals surface area contributed by atoms with Crippen LogP contribution < -0.4 is 11.1 Å². The van der Waals surface area contributed by atoms with E-state index in [4.69, 9.17) is 17.3 Å². The highest BCUT2D eigenvalue weighted by atomic mass is 35.5. The molecule has 0 bridgehead atoms. The maximum atomic E-state index is 15.4. The number of carbonyl (C=O) groups is 3. The summed E-state index contributed by atoms with van der Waals surface area (Å²) in [5.41, 5.74) is 6.97. The third-order valence-corrected chi connectivity index (χ3v) is 8.37. The van der Waals surface area contributed by atoms with E-state index in [0.29, 0.717) is 22.1 Å². The second-order valence-electron chi connectivity index (χ2n) is 11.0. The molecular formula is C34H32ClF2N3O3. The summed E-state index contributed by atoms with van der Waals surface area (Å²) in [6.45, 7) is 1.39. The Hall–Kier alpha value is -4.30. The Morgan fingerprint density at radius 3 is 2.42 bits per heavy atom. The molecule has 0 spiro atoms. The van der Waals surface area contributed by atoms with Crippen molar-refractivity contribution in [3.63, 3.8) is 0 Å². The van der Waals surface area contributed by atoms with Crippen LogP contribution in [0.25, 0.3) is 11.1 Å². The van der Waals surface area contributed by atoms with Gasteiger partial charge in [-0.15, -0.1) is 0 Å². The molecule has 0 radical (unpaired) electrons. The SMILES string of the molecule is Cc1c(F)ccc(F)c1-c1c(C(=O)N[C@@H](CC(N)=O)c2cccc(Cl)c2)c[nH]c1C(=O)c1cccc(C2CCCCC2)c1. The highest BCUT2D eigenvalue weighted by Gasteiger charge is 2.30. The standard InChI is InChI=1S/C34H32ClF2N3O3/c1-19-26(36)13-14-27(37)30(19)31-25(34(43)40-28(17-29(38)41)22-10-6-12-24(35)16-22)18-39-32(31)33(42)23-11-5-9-21(15-23)20-7-3-2-4-8-20/h5-6,9-16,18,20,28,39H,2-4,7-8,17H2,1H3,(H2,38,41)(H,40,43)/t28-/m0/s1. The molecule has 1 aliphatic rings. The molecule has 1 heterocycles. The number of rotatable bonds is 9. The Labute approximate surface area is 253 Å². The Kier molecular flexibility index (Phi) is 9.06. The smallest absolute Gasteiger partial charge is 0.253 e. The number of hydrogen-bond donors (Lipinski definition) is 3. The van der Waals surface area contributed by atoms with Crippen LogP contribution in [0.5, 0.6) is 0 Å². The maximum Gasteiger partial charge on any atom is 0.253 e. The first-order valence-electron chi connectivity index (χ1n) is 14.3. The number of H-pyrrole nitrogens is 1. The van der Waals surface area contributed by atoms with Crippen LogP contribution in [-0.4, -0.2) is 22.6 Å². The Balaban J connectivity index is 1.59. The van der Waals surface area contributed by atoms with Crippen molar-refractivity contribution in [2.75, 3.05) is 0 Å². The van der Waals surface area contributed by atoms with E-state index in [-0.39, 0.29) is 34.4 Å². The van der Waals surface area contributed by atoms with Crippen LogP contribution >= 0.6 is 11.6 Å². The molecule has 0 aliphatic heterocycles. The van der Waals surface area contributed by atoms with Gasteiger partial charge in [-0.25, -0.2) is 8.78 Å². The van der Waals surface area contributed by atoms with Crippen molar-refractivity contribution < 1.29 is 23.2 Å². The van der Waals surface area contributed by atoms with Crippen LogP contribution in [0.3, 0.4) is 0 Å². The summed E-state index contributed by atoms with van der Waals surface area (Å²) >= 11 is 6.14. The van der Waals surface area contributed by atoms with Crippen molar-refractivity contribution in [1.82, 2.24) is 10.3 Å². The van der Waals surface area contributed by atoms with Crippen molar-refractivity contribution in [2.24, 2.45) is 5.73 Å². The van der Waals surface area contributed by atoms with Crippen LogP contribution in [-0.2, 0) is 4.79 Å². The summed E-state index contributed by atoms with van der Waals surface area (Å²) in [6, 6.07) is 15.0. The molecule has 1 saturated carbocycles. The first kappa shape index (κ1) is 30.2. The molecule has 43 heavy (non-hydrogen) atoms. The van der Waals surface area contributed by atoms with Crippen molar-refractivity contribution in [3.05, 3.63) is 117 Å². The number of primary amides is 1. The number of hydrogen-bond acceptors (Lipinski definition) is 3. The lowest BCUT2D eigenvalue weighted by Crippen LogP contribution is -2.32. The average Bonchev–Trinajstić information content (AvgIpc) is 3.43. The molecule has 0 saturated heterocycles. The van der Waals surface area contributed by atoms with Gasteiger partial charge >= 0.3 is 0 Å². The molecule has 1 aromatic heterocycles. The lowest BCUT2D eigenvalue weighted by atomic mass is 9.83. The molecule has 5 rings (SSSR count). The zero-order chi connectivity index (χ0) is 30.7. The average molecular weight is 604 g/mol. The zero-order valence-electron chi connectivity index (χ0n) is 23.7. The molecule has 2 amide bonds. The van der Waals surface area contributed by atoms with Crippen LogP contribution in [0.4, 0.5) is 8.78 Å². The fourth-order valence-electron chi connectivity index (χ4n) is 5.93. The first-order chi connectivity index (χ1) is 20.6. The predicted molar refractivity (Wildman–Crippen MR) is 162 cm³/mol. The zero-order valence-corrected chi connectivity index (χ0v) is 24.4. The van der Waals surface area contributed by atoms with Crippen LogP contribution in [0.1, 0.15) is 93.6 Å². The van der Waals surface area contributed by atoms with Gasteiger partial charge in [0.05, 0.1) is 23.7 Å². The minimum Gasteiger partial charge on any atom is -0.370 e. The predicted octanol–water partition coefficient (Wildman–Crippen LogP) is 7.55.